The van der Waals surface area contributed by atoms with Crippen LogP contribution in [0, 0.1) is 14.9 Å². The first-order chi connectivity index (χ1) is 10.1. The predicted octanol–water partition coefficient (Wildman–Crippen LogP) is 3.57. The van der Waals surface area contributed by atoms with Crippen molar-refractivity contribution in [2.24, 2.45) is 0 Å². The third kappa shape index (κ3) is 3.95. The number of amides is 1. The molecular formula is C16H13IN2O2. The van der Waals surface area contributed by atoms with Gasteiger partial charge in [0.25, 0.3) is 5.91 Å². The van der Waals surface area contributed by atoms with Crippen LogP contribution in [-0.4, -0.2) is 12.0 Å². The minimum Gasteiger partial charge on any atom is -0.480 e. The first-order valence-electron chi connectivity index (χ1n) is 6.33. The monoisotopic (exact) mass is 392 g/mol. The van der Waals surface area contributed by atoms with Gasteiger partial charge < -0.3 is 10.1 Å². The Labute approximate surface area is 136 Å². The van der Waals surface area contributed by atoms with Gasteiger partial charge in [-0.25, -0.2) is 0 Å². The van der Waals surface area contributed by atoms with Crippen molar-refractivity contribution in [3.63, 3.8) is 0 Å². The third-order valence-electron chi connectivity index (χ3n) is 2.82. The van der Waals surface area contributed by atoms with Gasteiger partial charge in [0.15, 0.2) is 6.10 Å². The van der Waals surface area contributed by atoms with Crippen molar-refractivity contribution < 1.29 is 9.53 Å². The van der Waals surface area contributed by atoms with Gasteiger partial charge in [0, 0.05) is 0 Å². The normalized spacial score (nSPS) is 11.3. The quantitative estimate of drug-likeness (QED) is 0.810. The lowest BCUT2D eigenvalue weighted by Gasteiger charge is -2.16. The summed E-state index contributed by atoms with van der Waals surface area (Å²) in [4.78, 5) is 12.1. The van der Waals surface area contributed by atoms with Gasteiger partial charge in [-0.3, -0.25) is 4.79 Å². The molecule has 0 spiro atoms. The molecule has 0 heterocycles. The van der Waals surface area contributed by atoms with E-state index in [0.717, 1.165) is 3.57 Å². The highest BCUT2D eigenvalue weighted by atomic mass is 127. The van der Waals surface area contributed by atoms with E-state index in [1.165, 1.54) is 0 Å². The van der Waals surface area contributed by atoms with E-state index < -0.39 is 6.10 Å². The molecule has 2 rings (SSSR count). The Bertz CT molecular complexity index is 695. The summed E-state index contributed by atoms with van der Waals surface area (Å²) in [6.45, 7) is 1.67. The molecule has 5 heteroatoms. The van der Waals surface area contributed by atoms with Crippen molar-refractivity contribution in [3.05, 3.63) is 57.7 Å². The average molecular weight is 392 g/mol. The van der Waals surface area contributed by atoms with E-state index in [-0.39, 0.29) is 5.91 Å². The van der Waals surface area contributed by atoms with Crippen LogP contribution in [0.25, 0.3) is 0 Å². The molecule has 1 atom stereocenters. The van der Waals surface area contributed by atoms with Gasteiger partial charge in [-0.15, -0.1) is 0 Å². The number of halogens is 1. The van der Waals surface area contributed by atoms with Crippen molar-refractivity contribution >= 4 is 34.2 Å². The van der Waals surface area contributed by atoms with Crippen LogP contribution in [0.5, 0.6) is 5.75 Å². The maximum absolute atomic E-state index is 12.1. The largest absolute Gasteiger partial charge is 0.480 e. The van der Waals surface area contributed by atoms with Gasteiger partial charge in [-0.05, 0) is 53.8 Å². The zero-order valence-electron chi connectivity index (χ0n) is 11.3. The number of para-hydroxylation sites is 2. The Hall–Kier alpha value is -2.07. The number of rotatable bonds is 4. The molecule has 2 aromatic carbocycles. The molecule has 1 unspecified atom stereocenters. The summed E-state index contributed by atoms with van der Waals surface area (Å²) >= 11 is 2.15. The fourth-order valence-electron chi connectivity index (χ4n) is 1.71. The van der Waals surface area contributed by atoms with Crippen LogP contribution < -0.4 is 10.1 Å². The van der Waals surface area contributed by atoms with Gasteiger partial charge >= 0.3 is 0 Å². The molecule has 0 aromatic heterocycles. The van der Waals surface area contributed by atoms with Crippen LogP contribution in [-0.2, 0) is 4.79 Å². The molecule has 1 N–H and O–H groups in total. The zero-order chi connectivity index (χ0) is 15.2. The number of nitrogens with one attached hydrogen (secondary N) is 1. The molecule has 106 valence electrons. The Morgan fingerprint density at radius 2 is 1.90 bits per heavy atom. The lowest BCUT2D eigenvalue weighted by Crippen LogP contribution is -2.30. The van der Waals surface area contributed by atoms with Crippen molar-refractivity contribution in [2.45, 2.75) is 13.0 Å². The van der Waals surface area contributed by atoms with E-state index >= 15 is 0 Å². The molecule has 1 amide bonds. The summed E-state index contributed by atoms with van der Waals surface area (Å²) in [5.74, 6) is 0.367. The average Bonchev–Trinajstić information content (AvgIpc) is 2.50. The molecule has 0 aliphatic rings. The molecular weight excluding hydrogens is 379 g/mol. The molecule has 2 aromatic rings. The van der Waals surface area contributed by atoms with Crippen molar-refractivity contribution in [1.82, 2.24) is 0 Å². The molecule has 0 bridgehead atoms. The maximum Gasteiger partial charge on any atom is 0.265 e. The van der Waals surface area contributed by atoms with E-state index in [9.17, 15) is 4.79 Å². The molecule has 0 aliphatic carbocycles. The Kier molecular flexibility index (Phi) is 5.17. The van der Waals surface area contributed by atoms with Crippen LogP contribution in [0.2, 0.25) is 0 Å². The van der Waals surface area contributed by atoms with Crippen LogP contribution in [0.3, 0.4) is 0 Å². The summed E-state index contributed by atoms with van der Waals surface area (Å²) in [5, 5.41) is 11.7. The number of nitrogens with zero attached hydrogens (tertiary/aromatic N) is 1. The van der Waals surface area contributed by atoms with E-state index in [1.807, 2.05) is 30.3 Å². The van der Waals surface area contributed by atoms with E-state index in [4.69, 9.17) is 10.00 Å². The van der Waals surface area contributed by atoms with Crippen molar-refractivity contribution in [3.8, 4) is 11.8 Å². The van der Waals surface area contributed by atoms with Gasteiger partial charge in [0.1, 0.15) is 11.8 Å². The molecule has 0 saturated carbocycles. The molecule has 0 aliphatic heterocycles. The maximum atomic E-state index is 12.1. The minimum atomic E-state index is -0.660. The Balaban J connectivity index is 2.07. The number of carbonyl (C=O) groups excluding carboxylic acids is 1. The lowest BCUT2D eigenvalue weighted by molar-refractivity contribution is -0.122. The summed E-state index contributed by atoms with van der Waals surface area (Å²) in [6.07, 6.45) is -0.660. The van der Waals surface area contributed by atoms with Crippen LogP contribution in [0.4, 0.5) is 5.69 Å². The lowest BCUT2D eigenvalue weighted by atomic mass is 10.2. The smallest absolute Gasteiger partial charge is 0.265 e. The van der Waals surface area contributed by atoms with E-state index in [2.05, 4.69) is 27.9 Å². The Morgan fingerprint density at radius 3 is 2.62 bits per heavy atom. The molecule has 0 saturated heterocycles. The molecule has 21 heavy (non-hydrogen) atoms. The van der Waals surface area contributed by atoms with E-state index in [1.54, 1.807) is 31.2 Å². The minimum absolute atomic E-state index is 0.294. The number of anilines is 1. The fraction of sp³-hybridized carbons (Fsp3) is 0.125. The number of benzene rings is 2. The zero-order valence-corrected chi connectivity index (χ0v) is 13.5. The van der Waals surface area contributed by atoms with Gasteiger partial charge in [0.2, 0.25) is 0 Å². The second-order valence-electron chi connectivity index (χ2n) is 4.34. The third-order valence-corrected chi connectivity index (χ3v) is 3.71. The topological polar surface area (TPSA) is 62.1 Å². The second-order valence-corrected chi connectivity index (χ2v) is 5.50. The first-order valence-corrected chi connectivity index (χ1v) is 7.41. The van der Waals surface area contributed by atoms with Gasteiger partial charge in [-0.1, -0.05) is 24.3 Å². The predicted molar refractivity (Wildman–Crippen MR) is 89.0 cm³/mol. The van der Waals surface area contributed by atoms with Crippen LogP contribution >= 0.6 is 22.6 Å². The second kappa shape index (κ2) is 7.09. The number of hydrogen-bond donors (Lipinski definition) is 1. The molecule has 4 nitrogen and oxygen atoms in total. The van der Waals surface area contributed by atoms with E-state index in [0.29, 0.717) is 17.0 Å². The number of ether oxygens (including phenoxy) is 1. The highest BCUT2D eigenvalue weighted by Crippen LogP contribution is 2.21. The van der Waals surface area contributed by atoms with Crippen LogP contribution in [0.15, 0.2) is 48.5 Å². The molecule has 0 fully saturated rings. The SMILES string of the molecule is CC(Oc1ccccc1I)C(=O)Nc1ccccc1C#N. The number of nitriles is 1. The van der Waals surface area contributed by atoms with Gasteiger partial charge in [-0.2, -0.15) is 5.26 Å². The summed E-state index contributed by atoms with van der Waals surface area (Å²) in [7, 11) is 0. The number of carbonyl (C=O) groups is 1. The highest BCUT2D eigenvalue weighted by molar-refractivity contribution is 14.1. The summed E-state index contributed by atoms with van der Waals surface area (Å²) in [5.41, 5.74) is 0.913. The Morgan fingerprint density at radius 1 is 1.24 bits per heavy atom. The summed E-state index contributed by atoms with van der Waals surface area (Å²) < 4.78 is 6.59. The fourth-order valence-corrected chi connectivity index (χ4v) is 2.22. The van der Waals surface area contributed by atoms with Crippen molar-refractivity contribution in [1.29, 1.82) is 5.26 Å². The first kappa shape index (κ1) is 15.3. The summed E-state index contributed by atoms with van der Waals surface area (Å²) in [6, 6.07) is 16.4. The standard InChI is InChI=1S/C16H13IN2O2/c1-11(21-15-9-5-3-7-13(15)17)16(20)19-14-8-4-2-6-12(14)10-18/h2-9,11H,1H3,(H,19,20). The number of hydrogen-bond acceptors (Lipinski definition) is 3. The van der Waals surface area contributed by atoms with Crippen LogP contribution in [0.1, 0.15) is 12.5 Å². The van der Waals surface area contributed by atoms with Gasteiger partial charge in [0.05, 0.1) is 14.8 Å². The molecule has 0 radical (unpaired) electrons. The van der Waals surface area contributed by atoms with Crippen molar-refractivity contribution in [2.75, 3.05) is 5.32 Å². The highest BCUT2D eigenvalue weighted by Gasteiger charge is 2.17.